The van der Waals surface area contributed by atoms with E-state index in [9.17, 15) is 4.79 Å². The highest BCUT2D eigenvalue weighted by atomic mass is 16.2. The zero-order chi connectivity index (χ0) is 20.2. The smallest absolute Gasteiger partial charge is 0.254 e. The van der Waals surface area contributed by atoms with E-state index in [0.29, 0.717) is 18.9 Å². The Morgan fingerprint density at radius 3 is 2.34 bits per heavy atom. The minimum Gasteiger partial charge on any atom is -0.352 e. The molecule has 4 rings (SSSR count). The van der Waals surface area contributed by atoms with Gasteiger partial charge in [0.25, 0.3) is 5.91 Å². The second-order valence-corrected chi connectivity index (χ2v) is 7.16. The molecule has 1 saturated heterocycles. The first kappa shape index (κ1) is 18.9. The molecule has 1 aliphatic heterocycles. The van der Waals surface area contributed by atoms with Gasteiger partial charge in [-0.05, 0) is 49.7 Å². The minimum absolute atomic E-state index is 0.0963. The average molecular weight is 388 g/mol. The molecule has 3 heterocycles. The van der Waals surface area contributed by atoms with Crippen molar-refractivity contribution in [1.29, 1.82) is 0 Å². The maximum atomic E-state index is 12.8. The van der Waals surface area contributed by atoms with E-state index in [1.54, 1.807) is 0 Å². The Kier molecular flexibility index (Phi) is 5.37. The predicted molar refractivity (Wildman–Crippen MR) is 114 cm³/mol. The first-order valence-corrected chi connectivity index (χ1v) is 9.74. The summed E-state index contributed by atoms with van der Waals surface area (Å²) in [4.78, 5) is 21.2. The number of amides is 1. The van der Waals surface area contributed by atoms with E-state index >= 15 is 0 Å². The van der Waals surface area contributed by atoms with Crippen LogP contribution in [0.25, 0.3) is 0 Å². The van der Waals surface area contributed by atoms with E-state index in [0.717, 1.165) is 41.5 Å². The summed E-state index contributed by atoms with van der Waals surface area (Å²) in [6, 6.07) is 17.4. The van der Waals surface area contributed by atoms with Crippen LogP contribution in [0.5, 0.6) is 0 Å². The Hall–Kier alpha value is -3.48. The van der Waals surface area contributed by atoms with Gasteiger partial charge < -0.3 is 15.1 Å². The lowest BCUT2D eigenvalue weighted by Crippen LogP contribution is -2.49. The van der Waals surface area contributed by atoms with Gasteiger partial charge in [-0.1, -0.05) is 24.3 Å². The summed E-state index contributed by atoms with van der Waals surface area (Å²) in [5, 5.41) is 11.8. The van der Waals surface area contributed by atoms with Crippen LogP contribution in [0.3, 0.4) is 0 Å². The molecular formula is C22H24N6O. The van der Waals surface area contributed by atoms with E-state index in [4.69, 9.17) is 0 Å². The summed E-state index contributed by atoms with van der Waals surface area (Å²) < 4.78 is 0. The van der Waals surface area contributed by atoms with Crippen molar-refractivity contribution in [3.05, 3.63) is 71.4 Å². The molecule has 0 spiro atoms. The first-order chi connectivity index (χ1) is 14.1. The second-order valence-electron chi connectivity index (χ2n) is 7.16. The summed E-state index contributed by atoms with van der Waals surface area (Å²) in [7, 11) is 0. The van der Waals surface area contributed by atoms with Crippen molar-refractivity contribution >= 4 is 23.4 Å². The lowest BCUT2D eigenvalue weighted by atomic mass is 10.1. The number of anilines is 3. The Bertz CT molecular complexity index is 996. The van der Waals surface area contributed by atoms with Gasteiger partial charge in [0.1, 0.15) is 5.82 Å². The third-order valence-electron chi connectivity index (χ3n) is 5.06. The van der Waals surface area contributed by atoms with Gasteiger partial charge in [0.2, 0.25) is 0 Å². The number of carbonyl (C=O) groups is 1. The standard InChI is InChI=1S/C22H24N6O/c1-16-6-3-4-8-18(16)22(29)28-14-12-27(13-15-28)21-11-10-20(25-26-21)24-19-9-5-7-17(2)23-19/h3-11H,12-15H2,1-2H3,(H,23,24,25). The third kappa shape index (κ3) is 4.34. The maximum absolute atomic E-state index is 12.8. The van der Waals surface area contributed by atoms with Gasteiger partial charge in [-0.25, -0.2) is 4.98 Å². The summed E-state index contributed by atoms with van der Waals surface area (Å²) in [6.45, 7) is 6.73. The van der Waals surface area contributed by atoms with Crippen LogP contribution >= 0.6 is 0 Å². The number of pyridine rings is 1. The summed E-state index contributed by atoms with van der Waals surface area (Å²) in [5.41, 5.74) is 2.73. The van der Waals surface area contributed by atoms with Crippen molar-refractivity contribution in [2.45, 2.75) is 13.8 Å². The zero-order valence-corrected chi connectivity index (χ0v) is 16.7. The topological polar surface area (TPSA) is 74.2 Å². The zero-order valence-electron chi connectivity index (χ0n) is 16.7. The van der Waals surface area contributed by atoms with Gasteiger partial charge in [0, 0.05) is 37.4 Å². The van der Waals surface area contributed by atoms with Crippen LogP contribution < -0.4 is 10.2 Å². The molecule has 2 aromatic heterocycles. The number of rotatable bonds is 4. The molecule has 7 nitrogen and oxygen atoms in total. The Labute approximate surface area is 170 Å². The van der Waals surface area contributed by atoms with Gasteiger partial charge in [0.15, 0.2) is 11.6 Å². The summed E-state index contributed by atoms with van der Waals surface area (Å²) in [6.07, 6.45) is 0. The Balaban J connectivity index is 1.36. The highest BCUT2D eigenvalue weighted by Gasteiger charge is 2.23. The molecule has 148 valence electrons. The molecule has 1 N–H and O–H groups in total. The average Bonchev–Trinajstić information content (AvgIpc) is 2.74. The van der Waals surface area contributed by atoms with Crippen molar-refractivity contribution in [3.63, 3.8) is 0 Å². The molecule has 1 aliphatic rings. The molecule has 7 heteroatoms. The van der Waals surface area contributed by atoms with Crippen molar-refractivity contribution in [1.82, 2.24) is 20.1 Å². The maximum Gasteiger partial charge on any atom is 0.254 e. The Morgan fingerprint density at radius 1 is 0.862 bits per heavy atom. The molecule has 0 atom stereocenters. The predicted octanol–water partition coefficient (Wildman–Crippen LogP) is 3.19. The molecule has 1 aromatic carbocycles. The van der Waals surface area contributed by atoms with E-state index in [1.165, 1.54) is 0 Å². The molecule has 0 unspecified atom stereocenters. The van der Waals surface area contributed by atoms with Gasteiger partial charge >= 0.3 is 0 Å². The SMILES string of the molecule is Cc1cccc(Nc2ccc(N3CCN(C(=O)c4ccccc4C)CC3)nn2)n1. The normalized spacial score (nSPS) is 14.0. The van der Waals surface area contributed by atoms with Crippen LogP contribution in [0.1, 0.15) is 21.6 Å². The van der Waals surface area contributed by atoms with Gasteiger partial charge in [-0.2, -0.15) is 0 Å². The molecule has 1 fully saturated rings. The van der Waals surface area contributed by atoms with Gasteiger partial charge in [-0.15, -0.1) is 10.2 Å². The number of hydrogen-bond donors (Lipinski definition) is 1. The summed E-state index contributed by atoms with van der Waals surface area (Å²) in [5.74, 6) is 2.31. The van der Waals surface area contributed by atoms with Crippen molar-refractivity contribution in [2.75, 3.05) is 36.4 Å². The van der Waals surface area contributed by atoms with Crippen LogP contribution in [0.15, 0.2) is 54.6 Å². The van der Waals surface area contributed by atoms with Crippen LogP contribution in [0.2, 0.25) is 0 Å². The van der Waals surface area contributed by atoms with Crippen molar-refractivity contribution in [2.24, 2.45) is 0 Å². The number of aryl methyl sites for hydroxylation is 2. The third-order valence-corrected chi connectivity index (χ3v) is 5.06. The van der Waals surface area contributed by atoms with E-state index < -0.39 is 0 Å². The van der Waals surface area contributed by atoms with Crippen molar-refractivity contribution in [3.8, 4) is 0 Å². The lowest BCUT2D eigenvalue weighted by molar-refractivity contribution is 0.0745. The molecule has 0 aliphatic carbocycles. The van der Waals surface area contributed by atoms with Crippen LogP contribution in [0, 0.1) is 13.8 Å². The molecule has 0 bridgehead atoms. The number of nitrogens with zero attached hydrogens (tertiary/aromatic N) is 5. The number of hydrogen-bond acceptors (Lipinski definition) is 6. The highest BCUT2D eigenvalue weighted by molar-refractivity contribution is 5.95. The molecule has 0 radical (unpaired) electrons. The number of aromatic nitrogens is 3. The van der Waals surface area contributed by atoms with E-state index in [1.807, 2.05) is 73.3 Å². The second kappa shape index (κ2) is 8.26. The number of piperazine rings is 1. The highest BCUT2D eigenvalue weighted by Crippen LogP contribution is 2.18. The minimum atomic E-state index is 0.0963. The Morgan fingerprint density at radius 2 is 1.66 bits per heavy atom. The van der Waals surface area contributed by atoms with Crippen molar-refractivity contribution < 1.29 is 4.79 Å². The number of nitrogens with one attached hydrogen (secondary N) is 1. The fraction of sp³-hybridized carbons (Fsp3) is 0.273. The van der Waals surface area contributed by atoms with Crippen LogP contribution in [0.4, 0.5) is 17.5 Å². The molecule has 3 aromatic rings. The molecular weight excluding hydrogens is 364 g/mol. The monoisotopic (exact) mass is 388 g/mol. The summed E-state index contributed by atoms with van der Waals surface area (Å²) >= 11 is 0. The lowest BCUT2D eigenvalue weighted by Gasteiger charge is -2.35. The number of carbonyl (C=O) groups excluding carboxylic acids is 1. The fourth-order valence-corrected chi connectivity index (χ4v) is 3.43. The van der Waals surface area contributed by atoms with Gasteiger partial charge in [0.05, 0.1) is 0 Å². The van der Waals surface area contributed by atoms with Crippen LogP contribution in [-0.2, 0) is 0 Å². The molecule has 29 heavy (non-hydrogen) atoms. The molecule has 0 saturated carbocycles. The van der Waals surface area contributed by atoms with E-state index in [2.05, 4.69) is 25.4 Å². The molecule has 1 amide bonds. The largest absolute Gasteiger partial charge is 0.352 e. The first-order valence-electron chi connectivity index (χ1n) is 9.74. The van der Waals surface area contributed by atoms with Crippen LogP contribution in [-0.4, -0.2) is 52.2 Å². The number of benzene rings is 1. The van der Waals surface area contributed by atoms with E-state index in [-0.39, 0.29) is 5.91 Å². The fourth-order valence-electron chi connectivity index (χ4n) is 3.43. The quantitative estimate of drug-likeness (QED) is 0.740. The van der Waals surface area contributed by atoms with Gasteiger partial charge in [-0.3, -0.25) is 4.79 Å².